The van der Waals surface area contributed by atoms with Crippen molar-refractivity contribution in [2.45, 2.75) is 4.33 Å². The first-order chi connectivity index (χ1) is 10.5. The second-order valence-electron chi connectivity index (χ2n) is 4.66. The Morgan fingerprint density at radius 1 is 1.23 bits per heavy atom. The molecular formula is C15H11Cl2N3O2. The number of hydrogen-bond donors (Lipinski definition) is 1. The van der Waals surface area contributed by atoms with E-state index in [9.17, 15) is 4.79 Å². The molecule has 0 fully saturated rings. The van der Waals surface area contributed by atoms with Crippen LogP contribution in [0.15, 0.2) is 47.5 Å². The van der Waals surface area contributed by atoms with Gasteiger partial charge in [-0.05, 0) is 24.3 Å². The van der Waals surface area contributed by atoms with E-state index in [1.807, 2.05) is 12.1 Å². The highest BCUT2D eigenvalue weighted by Gasteiger charge is 2.33. The number of aromatic nitrogens is 3. The van der Waals surface area contributed by atoms with Crippen LogP contribution in [0, 0.1) is 0 Å². The molecule has 0 unspecified atom stereocenters. The molecule has 1 aromatic carbocycles. The van der Waals surface area contributed by atoms with E-state index in [1.165, 1.54) is 12.3 Å². The molecular weight excluding hydrogens is 325 g/mol. The molecule has 3 aromatic rings. The molecule has 0 aliphatic carbocycles. The molecule has 0 aliphatic rings. The maximum atomic E-state index is 11.5. The summed E-state index contributed by atoms with van der Waals surface area (Å²) in [5, 5.41) is 9.54. The summed E-state index contributed by atoms with van der Waals surface area (Å²) in [6.07, 6.45) is 3.09. The van der Waals surface area contributed by atoms with E-state index in [0.717, 1.165) is 10.8 Å². The predicted molar refractivity (Wildman–Crippen MR) is 85.6 cm³/mol. The average Bonchev–Trinajstić information content (AvgIpc) is 2.53. The van der Waals surface area contributed by atoms with Gasteiger partial charge in [0.1, 0.15) is 11.4 Å². The van der Waals surface area contributed by atoms with Crippen molar-refractivity contribution in [1.29, 1.82) is 0 Å². The molecule has 2 aromatic heterocycles. The van der Waals surface area contributed by atoms with Crippen LogP contribution >= 0.6 is 23.2 Å². The van der Waals surface area contributed by atoms with Crippen LogP contribution < -0.4 is 10.3 Å². The lowest BCUT2D eigenvalue weighted by Crippen LogP contribution is -2.18. The van der Waals surface area contributed by atoms with Crippen LogP contribution in [0.3, 0.4) is 0 Å². The highest BCUT2D eigenvalue weighted by atomic mass is 35.5. The number of hydrogen-bond acceptors (Lipinski definition) is 4. The van der Waals surface area contributed by atoms with Gasteiger partial charge in [-0.3, -0.25) is 4.79 Å². The second kappa shape index (κ2) is 5.59. The molecule has 7 heteroatoms. The fraction of sp³-hybridized carbons (Fsp3) is 0.133. The summed E-state index contributed by atoms with van der Waals surface area (Å²) in [4.78, 5) is 14.0. The lowest BCUT2D eigenvalue weighted by Gasteiger charge is -2.20. The molecule has 0 spiro atoms. The maximum Gasteiger partial charge on any atom is 0.248 e. The minimum Gasteiger partial charge on any atom is -0.497 e. The number of benzene rings is 1. The average molecular weight is 336 g/mol. The number of ether oxygens (including phenoxy) is 1. The molecule has 2 heterocycles. The van der Waals surface area contributed by atoms with Crippen molar-refractivity contribution >= 4 is 34.0 Å². The van der Waals surface area contributed by atoms with E-state index in [4.69, 9.17) is 27.9 Å². The van der Waals surface area contributed by atoms with Gasteiger partial charge in [-0.2, -0.15) is 10.2 Å². The van der Waals surface area contributed by atoms with Gasteiger partial charge in [-0.15, -0.1) is 0 Å². The highest BCUT2D eigenvalue weighted by molar-refractivity contribution is 6.50. The minimum atomic E-state index is -1.49. The van der Waals surface area contributed by atoms with Crippen molar-refractivity contribution < 1.29 is 4.74 Å². The van der Waals surface area contributed by atoms with Crippen LogP contribution in [-0.4, -0.2) is 22.3 Å². The number of halogens is 2. The molecule has 1 N–H and O–H groups in total. The third-order valence-electron chi connectivity index (χ3n) is 3.30. The van der Waals surface area contributed by atoms with E-state index in [2.05, 4.69) is 15.2 Å². The summed E-state index contributed by atoms with van der Waals surface area (Å²) in [7, 11) is 1.58. The Kier molecular flexibility index (Phi) is 3.76. The van der Waals surface area contributed by atoms with Crippen molar-refractivity contribution in [3.63, 3.8) is 0 Å². The molecule has 22 heavy (non-hydrogen) atoms. The molecule has 112 valence electrons. The van der Waals surface area contributed by atoms with E-state index in [1.54, 1.807) is 25.4 Å². The minimum absolute atomic E-state index is 0.293. The first-order valence-corrected chi connectivity index (χ1v) is 7.15. The van der Waals surface area contributed by atoms with Gasteiger partial charge in [-0.25, -0.2) is 0 Å². The van der Waals surface area contributed by atoms with Gasteiger partial charge < -0.3 is 9.72 Å². The van der Waals surface area contributed by atoms with Crippen molar-refractivity contribution in [3.05, 3.63) is 64.3 Å². The molecule has 0 bridgehead atoms. The monoisotopic (exact) mass is 335 g/mol. The van der Waals surface area contributed by atoms with Gasteiger partial charge in [0, 0.05) is 28.6 Å². The number of alkyl halides is 2. The largest absolute Gasteiger partial charge is 0.497 e. The summed E-state index contributed by atoms with van der Waals surface area (Å²) in [5.74, 6) is 0.692. The second-order valence-corrected chi connectivity index (χ2v) is 5.99. The van der Waals surface area contributed by atoms with Crippen LogP contribution in [-0.2, 0) is 4.33 Å². The molecule has 5 nitrogen and oxygen atoms in total. The molecule has 3 rings (SSSR count). The summed E-state index contributed by atoms with van der Waals surface area (Å²) in [5.41, 5.74) is 0.497. The Balaban J connectivity index is 2.22. The Morgan fingerprint density at radius 2 is 2.05 bits per heavy atom. The number of fused-ring (bicyclic) bond motifs is 1. The van der Waals surface area contributed by atoms with Crippen LogP contribution in [0.4, 0.5) is 0 Å². The molecule has 0 saturated heterocycles. The normalized spacial score (nSPS) is 11.6. The molecule has 0 radical (unpaired) electrons. The van der Waals surface area contributed by atoms with Gasteiger partial charge >= 0.3 is 0 Å². The van der Waals surface area contributed by atoms with Gasteiger partial charge in [0.15, 0.2) is 4.33 Å². The Labute approximate surface area is 135 Å². The number of nitrogens with one attached hydrogen (secondary N) is 1. The maximum absolute atomic E-state index is 11.5. The standard InChI is InChI=1S/C15H11Cl2N3O2/c1-22-11-2-3-12-9(6-11)8-19-20-14(12)15(16,17)10-4-5-18-13(21)7-10/h2-8H,1H3,(H,18,21). The smallest absolute Gasteiger partial charge is 0.248 e. The quantitative estimate of drug-likeness (QED) is 0.747. The van der Waals surface area contributed by atoms with Crippen LogP contribution in [0.25, 0.3) is 10.8 Å². The summed E-state index contributed by atoms with van der Waals surface area (Å²) in [6, 6.07) is 8.38. The van der Waals surface area contributed by atoms with Crippen LogP contribution in [0.5, 0.6) is 5.75 Å². The summed E-state index contributed by atoms with van der Waals surface area (Å²) in [6.45, 7) is 0. The summed E-state index contributed by atoms with van der Waals surface area (Å²) < 4.78 is 3.70. The third kappa shape index (κ3) is 2.53. The lowest BCUT2D eigenvalue weighted by molar-refractivity contribution is 0.415. The van der Waals surface area contributed by atoms with Gasteiger partial charge in [0.05, 0.1) is 13.3 Å². The van der Waals surface area contributed by atoms with Gasteiger partial charge in [0.25, 0.3) is 0 Å². The zero-order valence-electron chi connectivity index (χ0n) is 11.5. The fourth-order valence-corrected chi connectivity index (χ4v) is 2.72. The SMILES string of the molecule is COc1ccc2c(C(Cl)(Cl)c3cc[nH]c(=O)c3)nncc2c1. The number of H-pyrrole nitrogens is 1. The molecule has 0 atom stereocenters. The van der Waals surface area contributed by atoms with Crippen molar-refractivity contribution in [3.8, 4) is 5.75 Å². The van der Waals surface area contributed by atoms with E-state index in [0.29, 0.717) is 17.0 Å². The van der Waals surface area contributed by atoms with E-state index >= 15 is 0 Å². The van der Waals surface area contributed by atoms with E-state index < -0.39 is 4.33 Å². The van der Waals surface area contributed by atoms with Crippen molar-refractivity contribution in [2.75, 3.05) is 7.11 Å². The Morgan fingerprint density at radius 3 is 2.77 bits per heavy atom. The van der Waals surface area contributed by atoms with Crippen LogP contribution in [0.2, 0.25) is 0 Å². The molecule has 0 aliphatic heterocycles. The Bertz CT molecular complexity index is 893. The number of nitrogens with zero attached hydrogens (tertiary/aromatic N) is 2. The highest BCUT2D eigenvalue weighted by Crippen LogP contribution is 2.42. The number of pyridine rings is 1. The van der Waals surface area contributed by atoms with Gasteiger partial charge in [0.2, 0.25) is 5.56 Å². The topological polar surface area (TPSA) is 67.9 Å². The van der Waals surface area contributed by atoms with E-state index in [-0.39, 0.29) is 5.56 Å². The van der Waals surface area contributed by atoms with Crippen molar-refractivity contribution in [2.24, 2.45) is 0 Å². The van der Waals surface area contributed by atoms with Crippen LogP contribution in [0.1, 0.15) is 11.3 Å². The number of methoxy groups -OCH3 is 1. The van der Waals surface area contributed by atoms with Gasteiger partial charge in [-0.1, -0.05) is 23.2 Å². The fourth-order valence-electron chi connectivity index (χ4n) is 2.20. The van der Waals surface area contributed by atoms with Crippen molar-refractivity contribution in [1.82, 2.24) is 15.2 Å². The predicted octanol–water partition coefficient (Wildman–Crippen LogP) is 3.01. The first-order valence-electron chi connectivity index (χ1n) is 6.39. The number of aromatic amines is 1. The zero-order chi connectivity index (χ0) is 15.7. The Hall–Kier alpha value is -2.11. The third-order valence-corrected chi connectivity index (χ3v) is 4.10. The summed E-state index contributed by atoms with van der Waals surface area (Å²) >= 11 is 13.0. The lowest BCUT2D eigenvalue weighted by atomic mass is 10.0. The zero-order valence-corrected chi connectivity index (χ0v) is 13.0. The number of rotatable bonds is 3. The molecule has 0 amide bonds. The molecule has 0 saturated carbocycles. The first kappa shape index (κ1) is 14.8.